The summed E-state index contributed by atoms with van der Waals surface area (Å²) in [6.07, 6.45) is 1.33. The smallest absolute Gasteiger partial charge is 0.404 e. The van der Waals surface area contributed by atoms with Crippen molar-refractivity contribution in [3.05, 3.63) is 4.13 Å². The first-order valence-electron chi connectivity index (χ1n) is 6.59. The first-order valence-corrected chi connectivity index (χ1v) is 9.40. The highest BCUT2D eigenvalue weighted by molar-refractivity contribution is 8.10. The van der Waals surface area contributed by atoms with Gasteiger partial charge in [0.05, 0.1) is 6.10 Å². The molecule has 0 saturated heterocycles. The monoisotopic (exact) mass is 364 g/mol. The number of fused-ring (bicyclic) bond motifs is 2. The Bertz CT molecular complexity index is 666. The highest BCUT2D eigenvalue weighted by Gasteiger charge is 2.61. The Balaban J connectivity index is 2.23. The molecule has 3 atom stereocenters. The van der Waals surface area contributed by atoms with E-state index in [0.29, 0.717) is 12.8 Å². The fraction of sp³-hybridized carbons (Fsp3) is 1.00. The number of hydrogen-bond donors (Lipinski definition) is 0. The summed E-state index contributed by atoms with van der Waals surface area (Å²) >= 11 is 0. The maximum Gasteiger partial charge on any atom is 0.480 e. The minimum absolute atomic E-state index is 0.178. The summed E-state index contributed by atoms with van der Waals surface area (Å²) in [5, 5.41) is 0. The van der Waals surface area contributed by atoms with E-state index in [2.05, 4.69) is 0 Å². The van der Waals surface area contributed by atoms with Crippen molar-refractivity contribution in [2.45, 2.75) is 51.6 Å². The average molecular weight is 364 g/mol. The Hall–Kier alpha value is -0.390. The van der Waals surface area contributed by atoms with E-state index in [1.165, 1.54) is 0 Å². The van der Waals surface area contributed by atoms with E-state index in [4.69, 9.17) is 4.18 Å². The predicted molar refractivity (Wildman–Crippen MR) is 71.4 cm³/mol. The van der Waals surface area contributed by atoms with Crippen molar-refractivity contribution in [2.75, 3.05) is 0 Å². The van der Waals surface area contributed by atoms with Gasteiger partial charge >= 0.3 is 5.51 Å². The Labute approximate surface area is 127 Å². The Morgan fingerprint density at radius 3 is 2.09 bits per heavy atom. The molecule has 0 amide bonds. The van der Waals surface area contributed by atoms with Crippen LogP contribution in [0.1, 0.15) is 40.0 Å². The zero-order chi connectivity index (χ0) is 17.2. The minimum atomic E-state index is -6.16. The summed E-state index contributed by atoms with van der Waals surface area (Å²) in [5.41, 5.74) is -6.88. The molecule has 2 bridgehead atoms. The molecule has 3 unspecified atom stereocenters. The van der Waals surface area contributed by atoms with Gasteiger partial charge in [-0.25, -0.2) is 16.8 Å². The number of rotatable bonds is 4. The van der Waals surface area contributed by atoms with Gasteiger partial charge in [0.2, 0.25) is 10.3 Å². The van der Waals surface area contributed by atoms with Gasteiger partial charge in [-0.1, -0.05) is 20.8 Å². The topological polar surface area (TPSA) is 91.6 Å². The standard InChI is InChI=1S/C11H17F3NO5S2/c1-9(2)7-4-5-10(3,6-7)8(9)20-22(18,19)15-21(16,17)11(12,13)14/h7-8H,4-6H2,1-3H3/q-1. The van der Waals surface area contributed by atoms with Crippen LogP contribution in [0.5, 0.6) is 0 Å². The fourth-order valence-corrected chi connectivity index (χ4v) is 5.96. The van der Waals surface area contributed by atoms with Crippen molar-refractivity contribution in [2.24, 2.45) is 16.7 Å². The second kappa shape index (κ2) is 4.81. The predicted octanol–water partition coefficient (Wildman–Crippen LogP) is 2.69. The van der Waals surface area contributed by atoms with Crippen molar-refractivity contribution in [1.29, 1.82) is 0 Å². The lowest BCUT2D eigenvalue weighted by molar-refractivity contribution is -0.0426. The zero-order valence-electron chi connectivity index (χ0n) is 12.2. The second-order valence-corrected chi connectivity index (χ2v) is 9.87. The van der Waals surface area contributed by atoms with Crippen LogP contribution in [-0.4, -0.2) is 28.4 Å². The van der Waals surface area contributed by atoms with Gasteiger partial charge in [-0.3, -0.25) is 4.18 Å². The zero-order valence-corrected chi connectivity index (χ0v) is 13.8. The molecule has 0 N–H and O–H groups in total. The summed E-state index contributed by atoms with van der Waals surface area (Å²) in [6, 6.07) is 0. The van der Waals surface area contributed by atoms with Crippen LogP contribution in [0.3, 0.4) is 0 Å². The molecule has 0 aromatic heterocycles. The van der Waals surface area contributed by atoms with E-state index in [1.807, 2.05) is 4.13 Å². The van der Waals surface area contributed by atoms with Crippen molar-refractivity contribution in [3.8, 4) is 0 Å². The van der Waals surface area contributed by atoms with E-state index >= 15 is 0 Å². The minimum Gasteiger partial charge on any atom is -0.404 e. The number of hydrogen-bond acceptors (Lipinski definition) is 5. The first kappa shape index (κ1) is 18.0. The lowest BCUT2D eigenvalue weighted by Gasteiger charge is -2.42. The molecule has 0 heterocycles. The van der Waals surface area contributed by atoms with E-state index in [0.717, 1.165) is 6.42 Å². The molecule has 11 heteroatoms. The summed E-state index contributed by atoms with van der Waals surface area (Å²) in [6.45, 7) is 5.32. The van der Waals surface area contributed by atoms with E-state index in [9.17, 15) is 30.0 Å². The van der Waals surface area contributed by atoms with Crippen LogP contribution in [-0.2, 0) is 24.5 Å². The van der Waals surface area contributed by atoms with Crippen molar-refractivity contribution in [3.63, 3.8) is 0 Å². The van der Waals surface area contributed by atoms with Crippen LogP contribution in [0.25, 0.3) is 4.13 Å². The van der Waals surface area contributed by atoms with E-state index in [-0.39, 0.29) is 5.92 Å². The molecule has 0 aliphatic heterocycles. The molecule has 130 valence electrons. The second-order valence-electron chi connectivity index (χ2n) is 6.81. The number of halogens is 3. The number of alkyl halides is 3. The molecular weight excluding hydrogens is 347 g/mol. The van der Waals surface area contributed by atoms with Crippen molar-refractivity contribution >= 4 is 20.3 Å². The molecule has 6 nitrogen and oxygen atoms in total. The molecule has 2 saturated carbocycles. The third-order valence-corrected chi connectivity index (χ3v) is 7.37. The normalized spacial score (nSPS) is 35.0. The largest absolute Gasteiger partial charge is 0.480 e. The van der Waals surface area contributed by atoms with Gasteiger partial charge in [-0.2, -0.15) is 13.2 Å². The third-order valence-electron chi connectivity index (χ3n) is 4.84. The van der Waals surface area contributed by atoms with Gasteiger partial charge in [-0.05, 0) is 36.0 Å². The molecule has 2 aliphatic carbocycles. The van der Waals surface area contributed by atoms with Gasteiger partial charge in [0.15, 0.2) is 10.0 Å². The highest BCUT2D eigenvalue weighted by atomic mass is 32.3. The van der Waals surface area contributed by atoms with E-state index in [1.54, 1.807) is 20.8 Å². The Morgan fingerprint density at radius 2 is 1.68 bits per heavy atom. The van der Waals surface area contributed by atoms with Crippen molar-refractivity contribution < 1.29 is 34.2 Å². The van der Waals surface area contributed by atoms with Crippen LogP contribution in [0.15, 0.2) is 0 Å². The van der Waals surface area contributed by atoms with Crippen LogP contribution in [0.2, 0.25) is 0 Å². The Morgan fingerprint density at radius 1 is 1.14 bits per heavy atom. The molecule has 2 fully saturated rings. The Kier molecular flexibility index (Phi) is 3.92. The molecule has 2 rings (SSSR count). The molecule has 0 aromatic rings. The highest BCUT2D eigenvalue weighted by Crippen LogP contribution is 2.64. The molecule has 0 radical (unpaired) electrons. The van der Waals surface area contributed by atoms with Crippen molar-refractivity contribution in [1.82, 2.24) is 0 Å². The summed E-state index contributed by atoms with van der Waals surface area (Å²) < 4.78 is 88.7. The first-order chi connectivity index (χ1) is 9.61. The van der Waals surface area contributed by atoms with Gasteiger partial charge in [-0.15, -0.1) is 0 Å². The van der Waals surface area contributed by atoms with Crippen LogP contribution in [0.4, 0.5) is 13.2 Å². The number of sulfonamides is 1. The lowest BCUT2D eigenvalue weighted by atomic mass is 9.70. The maximum absolute atomic E-state index is 12.3. The molecule has 2 aliphatic rings. The van der Waals surface area contributed by atoms with Crippen LogP contribution >= 0.6 is 0 Å². The van der Waals surface area contributed by atoms with Gasteiger partial charge < -0.3 is 4.13 Å². The number of nitrogens with zero attached hydrogens (tertiary/aromatic N) is 1. The van der Waals surface area contributed by atoms with Gasteiger partial charge in [0.25, 0.3) is 0 Å². The molecular formula is C11H17F3NO5S2-. The summed E-state index contributed by atoms with van der Waals surface area (Å²) in [5.74, 6) is 0.178. The maximum atomic E-state index is 12.3. The SMILES string of the molecule is CC12CCC(C1)C(C)(C)C2OS(=O)(=O)[N-]S(=O)(=O)C(F)(F)F. The lowest BCUT2D eigenvalue weighted by Crippen LogP contribution is -2.43. The average Bonchev–Trinajstić information content (AvgIpc) is 2.73. The quantitative estimate of drug-likeness (QED) is 0.765. The summed E-state index contributed by atoms with van der Waals surface area (Å²) in [4.78, 5) is 0. The van der Waals surface area contributed by atoms with Gasteiger partial charge in [0, 0.05) is 0 Å². The molecule has 22 heavy (non-hydrogen) atoms. The van der Waals surface area contributed by atoms with Crippen LogP contribution < -0.4 is 0 Å². The van der Waals surface area contributed by atoms with Gasteiger partial charge in [0.1, 0.15) is 0 Å². The van der Waals surface area contributed by atoms with Crippen LogP contribution in [0, 0.1) is 16.7 Å². The summed E-state index contributed by atoms with van der Waals surface area (Å²) in [7, 11) is -11.4. The molecule has 0 aromatic carbocycles. The molecule has 0 spiro atoms. The van der Waals surface area contributed by atoms with E-state index < -0.39 is 42.8 Å². The fourth-order valence-electron chi connectivity index (χ4n) is 3.80. The third kappa shape index (κ3) is 2.87.